The maximum Gasteiger partial charge on any atom is 0.304 e. The largest absolute Gasteiger partial charge is 0.378 e. The minimum Gasteiger partial charge on any atom is -0.378 e. The van der Waals surface area contributed by atoms with Gasteiger partial charge in [-0.1, -0.05) is 74.4 Å². The van der Waals surface area contributed by atoms with Gasteiger partial charge in [-0.05, 0) is 28.0 Å². The van der Waals surface area contributed by atoms with Crippen LogP contribution in [0, 0.1) is 10.8 Å². The van der Waals surface area contributed by atoms with Gasteiger partial charge >= 0.3 is 9.12 Å². The van der Waals surface area contributed by atoms with Crippen LogP contribution in [0.4, 0.5) is 11.4 Å². The third-order valence-electron chi connectivity index (χ3n) is 3.91. The van der Waals surface area contributed by atoms with E-state index in [2.05, 4.69) is 95.7 Å². The van der Waals surface area contributed by atoms with Gasteiger partial charge in [0.2, 0.25) is 0 Å². The highest BCUT2D eigenvalue weighted by Gasteiger charge is 2.47. The van der Waals surface area contributed by atoms with Gasteiger partial charge in [0.25, 0.3) is 0 Å². The fourth-order valence-corrected chi connectivity index (χ4v) is 7.37. The van der Waals surface area contributed by atoms with Crippen LogP contribution in [0.3, 0.4) is 0 Å². The van der Waals surface area contributed by atoms with Crippen molar-refractivity contribution in [1.29, 1.82) is 0 Å². The molecule has 2 nitrogen and oxygen atoms in total. The van der Waals surface area contributed by atoms with Gasteiger partial charge in [0.05, 0.1) is 11.4 Å². The van der Waals surface area contributed by atoms with Gasteiger partial charge < -0.3 is 9.13 Å². The molecule has 0 bridgehead atoms. The Balaban J connectivity index is 2.52. The van der Waals surface area contributed by atoms with Gasteiger partial charge in [0.15, 0.2) is 0 Å². The standard InChI is InChI=1S/C20H35N2Si/c1-18(2,3)14-21-16-12-10-11-13-17(16)22(15-19(4,5)6)23(21)20(7,8)9/h10-13H,14-15H2,1-9H3. The molecule has 0 amide bonds. The van der Waals surface area contributed by atoms with Crippen LogP contribution >= 0.6 is 0 Å². The van der Waals surface area contributed by atoms with E-state index in [1.807, 2.05) is 0 Å². The van der Waals surface area contributed by atoms with E-state index in [9.17, 15) is 0 Å². The minimum absolute atomic E-state index is 0.292. The van der Waals surface area contributed by atoms with Gasteiger partial charge in [0.1, 0.15) is 0 Å². The summed E-state index contributed by atoms with van der Waals surface area (Å²) in [5, 5.41) is 0.292. The Morgan fingerprint density at radius 2 is 1.04 bits per heavy atom. The lowest BCUT2D eigenvalue weighted by atomic mass is 9.96. The zero-order valence-electron chi connectivity index (χ0n) is 16.6. The maximum absolute atomic E-state index is 2.74. The van der Waals surface area contributed by atoms with Gasteiger partial charge in [-0.15, -0.1) is 0 Å². The lowest BCUT2D eigenvalue weighted by molar-refractivity contribution is 0.420. The third kappa shape index (κ3) is 4.31. The summed E-state index contributed by atoms with van der Waals surface area (Å²) in [4.78, 5) is 0. The molecule has 1 aromatic carbocycles. The van der Waals surface area contributed by atoms with Crippen molar-refractivity contribution in [1.82, 2.24) is 0 Å². The first-order valence-corrected chi connectivity index (χ1v) is 10.2. The highest BCUT2D eigenvalue weighted by molar-refractivity contribution is 6.72. The average Bonchev–Trinajstić information content (AvgIpc) is 2.59. The second kappa shape index (κ2) is 5.84. The number of hydrogen-bond acceptors (Lipinski definition) is 2. The normalized spacial score (nSPS) is 16.9. The molecule has 1 aliphatic heterocycles. The Morgan fingerprint density at radius 3 is 1.30 bits per heavy atom. The van der Waals surface area contributed by atoms with E-state index >= 15 is 0 Å². The number of hydrogen-bond donors (Lipinski definition) is 0. The molecule has 0 spiro atoms. The summed E-state index contributed by atoms with van der Waals surface area (Å²) >= 11 is 0. The van der Waals surface area contributed by atoms with Crippen LogP contribution in [0.25, 0.3) is 0 Å². The van der Waals surface area contributed by atoms with Crippen LogP contribution in [-0.4, -0.2) is 22.2 Å². The van der Waals surface area contributed by atoms with E-state index in [4.69, 9.17) is 0 Å². The van der Waals surface area contributed by atoms with Crippen molar-refractivity contribution in [3.8, 4) is 0 Å². The molecule has 2 rings (SSSR count). The van der Waals surface area contributed by atoms with E-state index < -0.39 is 9.12 Å². The molecule has 129 valence electrons. The quantitative estimate of drug-likeness (QED) is 0.642. The summed E-state index contributed by atoms with van der Waals surface area (Å²) in [6.07, 6.45) is 0. The first-order chi connectivity index (χ1) is 10.3. The van der Waals surface area contributed by atoms with Crippen LogP contribution in [-0.2, 0) is 0 Å². The van der Waals surface area contributed by atoms with Crippen molar-refractivity contribution in [2.24, 2.45) is 10.8 Å². The topological polar surface area (TPSA) is 6.48 Å². The summed E-state index contributed by atoms with van der Waals surface area (Å²) in [5.41, 5.74) is 3.48. The molecular weight excluding hydrogens is 296 g/mol. The highest BCUT2D eigenvalue weighted by Crippen LogP contribution is 2.47. The number of benzene rings is 1. The fourth-order valence-electron chi connectivity index (χ4n) is 3.37. The zero-order valence-corrected chi connectivity index (χ0v) is 17.6. The first-order valence-electron chi connectivity index (χ1n) is 8.81. The van der Waals surface area contributed by atoms with Gasteiger partial charge in [-0.25, -0.2) is 0 Å². The molecule has 1 aromatic rings. The SMILES string of the molecule is CC(C)(C)CN1c2ccccc2N(CC(C)(C)C)[Si]1C(C)(C)C. The lowest BCUT2D eigenvalue weighted by Gasteiger charge is -2.42. The first kappa shape index (κ1) is 18.4. The minimum atomic E-state index is -0.861. The van der Waals surface area contributed by atoms with Gasteiger partial charge in [-0.2, -0.15) is 0 Å². The lowest BCUT2D eigenvalue weighted by Crippen LogP contribution is -2.57. The molecule has 0 saturated carbocycles. The van der Waals surface area contributed by atoms with Gasteiger partial charge in [-0.3, -0.25) is 0 Å². The van der Waals surface area contributed by atoms with E-state index in [1.54, 1.807) is 0 Å². The average molecular weight is 332 g/mol. The monoisotopic (exact) mass is 331 g/mol. The zero-order chi connectivity index (χ0) is 17.6. The fraction of sp³-hybridized carbons (Fsp3) is 0.700. The van der Waals surface area contributed by atoms with Crippen molar-refractivity contribution in [2.45, 2.75) is 67.4 Å². The highest BCUT2D eigenvalue weighted by atomic mass is 28.3. The molecule has 23 heavy (non-hydrogen) atoms. The predicted molar refractivity (Wildman–Crippen MR) is 106 cm³/mol. The molecule has 0 fully saturated rings. The molecule has 0 N–H and O–H groups in total. The molecule has 1 aliphatic rings. The Labute approximate surface area is 145 Å². The van der Waals surface area contributed by atoms with Crippen LogP contribution in [0.2, 0.25) is 5.04 Å². The number of fused-ring (bicyclic) bond motifs is 1. The van der Waals surface area contributed by atoms with Crippen molar-refractivity contribution >= 4 is 20.5 Å². The molecule has 0 aliphatic carbocycles. The summed E-state index contributed by atoms with van der Waals surface area (Å²) in [6.45, 7) is 23.6. The third-order valence-corrected chi connectivity index (χ3v) is 7.07. The number of para-hydroxylation sites is 2. The van der Waals surface area contributed by atoms with E-state index in [0.29, 0.717) is 15.9 Å². The Bertz CT molecular complexity index is 503. The summed E-state index contributed by atoms with van der Waals surface area (Å²) in [7, 11) is -0.861. The number of anilines is 2. The van der Waals surface area contributed by atoms with Crippen LogP contribution in [0.15, 0.2) is 24.3 Å². The molecule has 3 heteroatoms. The second-order valence-corrected chi connectivity index (χ2v) is 13.6. The molecule has 0 atom stereocenters. The summed E-state index contributed by atoms with van der Waals surface area (Å²) < 4.78 is 5.48. The molecule has 0 aromatic heterocycles. The van der Waals surface area contributed by atoms with Crippen LogP contribution in [0.1, 0.15) is 62.3 Å². The second-order valence-electron chi connectivity index (χ2n) is 10.4. The van der Waals surface area contributed by atoms with Crippen LogP contribution < -0.4 is 9.13 Å². The Morgan fingerprint density at radius 1 is 0.696 bits per heavy atom. The molecule has 1 radical (unpaired) electrons. The van der Waals surface area contributed by atoms with E-state index in [1.165, 1.54) is 11.4 Å². The predicted octanol–water partition coefficient (Wildman–Crippen LogP) is 5.69. The van der Waals surface area contributed by atoms with Crippen LogP contribution in [0.5, 0.6) is 0 Å². The van der Waals surface area contributed by atoms with E-state index in [0.717, 1.165) is 13.1 Å². The number of rotatable bonds is 2. The number of nitrogens with zero attached hydrogens (tertiary/aromatic N) is 2. The van der Waals surface area contributed by atoms with Crippen molar-refractivity contribution in [3.05, 3.63) is 24.3 Å². The van der Waals surface area contributed by atoms with Crippen molar-refractivity contribution in [2.75, 3.05) is 22.2 Å². The van der Waals surface area contributed by atoms with Gasteiger partial charge in [0, 0.05) is 13.1 Å². The van der Waals surface area contributed by atoms with E-state index in [-0.39, 0.29) is 0 Å². The molecule has 0 unspecified atom stereocenters. The summed E-state index contributed by atoms with van der Waals surface area (Å²) in [5.74, 6) is 0. The Kier molecular flexibility index (Phi) is 4.66. The maximum atomic E-state index is 2.74. The molecule has 0 saturated heterocycles. The Hall–Kier alpha value is -0.963. The smallest absolute Gasteiger partial charge is 0.304 e. The van der Waals surface area contributed by atoms with Crippen molar-refractivity contribution < 1.29 is 0 Å². The molecular formula is C20H35N2Si. The molecule has 1 heterocycles. The summed E-state index contributed by atoms with van der Waals surface area (Å²) in [6, 6.07) is 9.02. The van der Waals surface area contributed by atoms with Crippen molar-refractivity contribution in [3.63, 3.8) is 0 Å².